The number of nitrogens with one attached hydrogen (secondary N) is 2. The van der Waals surface area contributed by atoms with E-state index in [1.54, 1.807) is 25.4 Å². The summed E-state index contributed by atoms with van der Waals surface area (Å²) in [4.78, 5) is 3.87. The molecule has 1 heterocycles. The SMILES string of the molecule is CN(CCCNC1CC1)S(=O)(=O)Nc1cccnc1. The molecule has 7 heteroatoms. The molecule has 1 fully saturated rings. The molecule has 0 bridgehead atoms. The van der Waals surface area contributed by atoms with Crippen LogP contribution in [0.2, 0.25) is 0 Å². The van der Waals surface area contributed by atoms with Crippen molar-refractivity contribution in [1.29, 1.82) is 0 Å². The summed E-state index contributed by atoms with van der Waals surface area (Å²) >= 11 is 0. The van der Waals surface area contributed by atoms with Crippen LogP contribution >= 0.6 is 0 Å². The Bertz CT molecular complexity index is 488. The Morgan fingerprint density at radius 3 is 2.89 bits per heavy atom. The van der Waals surface area contributed by atoms with Gasteiger partial charge in [0.1, 0.15) is 0 Å². The monoisotopic (exact) mass is 284 g/mol. The van der Waals surface area contributed by atoms with Crippen LogP contribution in [0, 0.1) is 0 Å². The molecule has 1 saturated carbocycles. The van der Waals surface area contributed by atoms with E-state index in [1.165, 1.54) is 23.3 Å². The highest BCUT2D eigenvalue weighted by atomic mass is 32.2. The van der Waals surface area contributed by atoms with Crippen molar-refractivity contribution >= 4 is 15.9 Å². The Morgan fingerprint density at radius 2 is 2.26 bits per heavy atom. The van der Waals surface area contributed by atoms with Crippen molar-refractivity contribution in [3.63, 3.8) is 0 Å². The number of nitrogens with zero attached hydrogens (tertiary/aromatic N) is 2. The Hall–Kier alpha value is -1.18. The van der Waals surface area contributed by atoms with Crippen LogP contribution in [0.1, 0.15) is 19.3 Å². The van der Waals surface area contributed by atoms with Crippen LogP contribution in [0.25, 0.3) is 0 Å². The van der Waals surface area contributed by atoms with Crippen LogP contribution in [-0.4, -0.2) is 43.9 Å². The standard InChI is InChI=1S/C12H20N4O2S/c1-16(9-3-8-14-11-5-6-11)19(17,18)15-12-4-2-7-13-10-12/h2,4,7,10-11,14-15H,3,5-6,8-9H2,1H3. The molecular weight excluding hydrogens is 264 g/mol. The molecule has 1 aliphatic rings. The minimum atomic E-state index is -3.48. The van der Waals surface area contributed by atoms with Crippen LogP contribution < -0.4 is 10.0 Å². The first kappa shape index (κ1) is 14.2. The maximum atomic E-state index is 12.0. The van der Waals surface area contributed by atoms with Crippen molar-refractivity contribution in [2.75, 3.05) is 24.9 Å². The lowest BCUT2D eigenvalue weighted by Gasteiger charge is -2.18. The van der Waals surface area contributed by atoms with Gasteiger partial charge in [-0.3, -0.25) is 9.71 Å². The molecule has 0 radical (unpaired) electrons. The van der Waals surface area contributed by atoms with Gasteiger partial charge in [0.05, 0.1) is 11.9 Å². The van der Waals surface area contributed by atoms with Gasteiger partial charge < -0.3 is 5.32 Å². The van der Waals surface area contributed by atoms with Gasteiger partial charge in [-0.05, 0) is 37.9 Å². The number of rotatable bonds is 8. The molecule has 6 nitrogen and oxygen atoms in total. The van der Waals surface area contributed by atoms with E-state index in [4.69, 9.17) is 0 Å². The first-order valence-electron chi connectivity index (χ1n) is 6.45. The first-order valence-corrected chi connectivity index (χ1v) is 7.89. The van der Waals surface area contributed by atoms with Crippen LogP contribution in [0.15, 0.2) is 24.5 Å². The van der Waals surface area contributed by atoms with Gasteiger partial charge in [-0.2, -0.15) is 12.7 Å². The summed E-state index contributed by atoms with van der Waals surface area (Å²) in [6.45, 7) is 1.35. The Morgan fingerprint density at radius 1 is 1.47 bits per heavy atom. The van der Waals surface area contributed by atoms with Crippen LogP contribution in [0.3, 0.4) is 0 Å². The highest BCUT2D eigenvalue weighted by Gasteiger charge is 2.20. The summed E-state index contributed by atoms with van der Waals surface area (Å²) in [6.07, 6.45) is 6.39. The molecule has 106 valence electrons. The van der Waals surface area contributed by atoms with E-state index in [0.29, 0.717) is 18.3 Å². The largest absolute Gasteiger partial charge is 0.314 e. The molecule has 1 aromatic rings. The number of hydrogen-bond donors (Lipinski definition) is 2. The topological polar surface area (TPSA) is 74.3 Å². The van der Waals surface area contributed by atoms with Crippen LogP contribution in [0.4, 0.5) is 5.69 Å². The predicted molar refractivity (Wildman–Crippen MR) is 75.1 cm³/mol. The summed E-state index contributed by atoms with van der Waals surface area (Å²) in [5, 5.41) is 3.36. The Kier molecular flexibility index (Phi) is 4.73. The van der Waals surface area contributed by atoms with E-state index in [0.717, 1.165) is 13.0 Å². The molecule has 1 aliphatic carbocycles. The maximum Gasteiger partial charge on any atom is 0.301 e. The fourth-order valence-electron chi connectivity index (χ4n) is 1.67. The summed E-state index contributed by atoms with van der Waals surface area (Å²) in [6, 6.07) is 4.03. The Labute approximate surface area is 114 Å². The average Bonchev–Trinajstić information content (AvgIpc) is 3.19. The molecule has 2 N–H and O–H groups in total. The normalized spacial score (nSPS) is 15.7. The molecule has 0 spiro atoms. The second-order valence-corrected chi connectivity index (χ2v) is 6.53. The minimum absolute atomic E-state index is 0.477. The van der Waals surface area contributed by atoms with Crippen LogP contribution in [0.5, 0.6) is 0 Å². The van der Waals surface area contributed by atoms with Crippen molar-refractivity contribution in [2.24, 2.45) is 0 Å². The minimum Gasteiger partial charge on any atom is -0.314 e. The van der Waals surface area contributed by atoms with E-state index >= 15 is 0 Å². The van der Waals surface area contributed by atoms with E-state index in [2.05, 4.69) is 15.0 Å². The molecule has 0 saturated heterocycles. The third kappa shape index (κ3) is 4.77. The van der Waals surface area contributed by atoms with Gasteiger partial charge in [0.25, 0.3) is 0 Å². The molecule has 0 aliphatic heterocycles. The zero-order valence-corrected chi connectivity index (χ0v) is 11.9. The summed E-state index contributed by atoms with van der Waals surface area (Å²) in [5.41, 5.74) is 0.477. The van der Waals surface area contributed by atoms with Gasteiger partial charge in [-0.1, -0.05) is 0 Å². The van der Waals surface area contributed by atoms with E-state index in [-0.39, 0.29) is 0 Å². The second-order valence-electron chi connectivity index (χ2n) is 4.75. The van der Waals surface area contributed by atoms with Gasteiger partial charge in [0, 0.05) is 25.8 Å². The predicted octanol–water partition coefficient (Wildman–Crippen LogP) is 0.812. The fraction of sp³-hybridized carbons (Fsp3) is 0.583. The van der Waals surface area contributed by atoms with Crippen molar-refractivity contribution in [1.82, 2.24) is 14.6 Å². The molecule has 0 atom stereocenters. The highest BCUT2D eigenvalue weighted by molar-refractivity contribution is 7.90. The molecular formula is C12H20N4O2S. The lowest BCUT2D eigenvalue weighted by molar-refractivity contribution is 0.458. The summed E-state index contributed by atoms with van der Waals surface area (Å²) < 4.78 is 27.8. The summed E-state index contributed by atoms with van der Waals surface area (Å²) in [5.74, 6) is 0. The number of pyridine rings is 1. The molecule has 2 rings (SSSR count). The molecule has 1 aromatic heterocycles. The third-order valence-electron chi connectivity index (χ3n) is 2.98. The summed E-state index contributed by atoms with van der Waals surface area (Å²) in [7, 11) is -1.90. The lowest BCUT2D eigenvalue weighted by atomic mass is 10.4. The van der Waals surface area contributed by atoms with Crippen molar-refractivity contribution < 1.29 is 8.42 Å². The van der Waals surface area contributed by atoms with Crippen molar-refractivity contribution in [3.05, 3.63) is 24.5 Å². The average molecular weight is 284 g/mol. The highest BCUT2D eigenvalue weighted by Crippen LogP contribution is 2.18. The zero-order valence-electron chi connectivity index (χ0n) is 11.0. The maximum absolute atomic E-state index is 12.0. The van der Waals surface area contributed by atoms with Gasteiger partial charge in [0.15, 0.2) is 0 Å². The van der Waals surface area contributed by atoms with Gasteiger partial charge >= 0.3 is 10.2 Å². The van der Waals surface area contributed by atoms with E-state index in [9.17, 15) is 8.42 Å². The van der Waals surface area contributed by atoms with Gasteiger partial charge in [0.2, 0.25) is 0 Å². The first-order chi connectivity index (χ1) is 9.08. The fourth-order valence-corrected chi connectivity index (χ4v) is 2.61. The number of anilines is 1. The van der Waals surface area contributed by atoms with Crippen molar-refractivity contribution in [2.45, 2.75) is 25.3 Å². The molecule has 0 amide bonds. The number of hydrogen-bond acceptors (Lipinski definition) is 4. The van der Waals surface area contributed by atoms with Gasteiger partial charge in [-0.15, -0.1) is 0 Å². The smallest absolute Gasteiger partial charge is 0.301 e. The second kappa shape index (κ2) is 6.31. The lowest BCUT2D eigenvalue weighted by Crippen LogP contribution is -2.34. The zero-order chi connectivity index (χ0) is 13.7. The van der Waals surface area contributed by atoms with E-state index < -0.39 is 10.2 Å². The van der Waals surface area contributed by atoms with E-state index in [1.807, 2.05) is 0 Å². The molecule has 19 heavy (non-hydrogen) atoms. The third-order valence-corrected chi connectivity index (χ3v) is 4.48. The van der Waals surface area contributed by atoms with Crippen LogP contribution in [-0.2, 0) is 10.2 Å². The molecule has 0 aromatic carbocycles. The quantitative estimate of drug-likeness (QED) is 0.693. The van der Waals surface area contributed by atoms with Crippen molar-refractivity contribution in [3.8, 4) is 0 Å². The molecule has 0 unspecified atom stereocenters. The van der Waals surface area contributed by atoms with Gasteiger partial charge in [-0.25, -0.2) is 0 Å². The number of aromatic nitrogens is 1. The Balaban J connectivity index is 1.77.